The van der Waals surface area contributed by atoms with Gasteiger partial charge < -0.3 is 15.1 Å². The van der Waals surface area contributed by atoms with Crippen molar-refractivity contribution in [1.29, 1.82) is 0 Å². The number of amides is 4. The van der Waals surface area contributed by atoms with Crippen LogP contribution in [0.15, 0.2) is 18.2 Å². The molecule has 1 aromatic heterocycles. The minimum atomic E-state index is -0.499. The Hall–Kier alpha value is -2.64. The van der Waals surface area contributed by atoms with Crippen LogP contribution in [0, 0.1) is 6.92 Å². The molecule has 2 aliphatic heterocycles. The van der Waals surface area contributed by atoms with Crippen LogP contribution in [0.5, 0.6) is 0 Å². The topological polar surface area (TPSA) is 85.9 Å². The lowest BCUT2D eigenvalue weighted by Gasteiger charge is -2.38. The molecule has 134 valence electrons. The molecule has 2 aliphatic rings. The molecule has 0 radical (unpaired) electrons. The number of likely N-dealkylation sites (N-methyl/N-ethyl adjacent to an activating group) is 1. The average molecular weight is 345 g/mol. The number of carbonyl (C=O) groups excluding carboxylic acids is 3. The summed E-state index contributed by atoms with van der Waals surface area (Å²) >= 11 is 0. The van der Waals surface area contributed by atoms with Gasteiger partial charge in [-0.05, 0) is 31.9 Å². The second kappa shape index (κ2) is 7.08. The molecule has 0 spiro atoms. The van der Waals surface area contributed by atoms with E-state index in [4.69, 9.17) is 0 Å². The Morgan fingerprint density at radius 2 is 2.20 bits per heavy atom. The predicted molar refractivity (Wildman–Crippen MR) is 92.1 cm³/mol. The summed E-state index contributed by atoms with van der Waals surface area (Å²) in [6.45, 7) is 3.31. The number of anilines is 1. The monoisotopic (exact) mass is 345 g/mol. The minimum absolute atomic E-state index is 0.0318. The zero-order chi connectivity index (χ0) is 18.0. The number of aromatic nitrogens is 1. The molecular formula is C17H23N5O3. The standard InChI is InChI=1S/C17H23N5O3/c1-12-5-3-7-14(19-12)21-8-4-6-13(10-21)20(2)16(24)11-22-15(23)9-18-17(22)25/h3,5,7,13H,4,6,8-11H2,1-2H3,(H,18,25)/t13-/m0/s1. The van der Waals surface area contributed by atoms with Crippen LogP contribution >= 0.6 is 0 Å². The molecule has 2 saturated heterocycles. The van der Waals surface area contributed by atoms with E-state index in [1.165, 1.54) is 0 Å². The first-order chi connectivity index (χ1) is 12.0. The summed E-state index contributed by atoms with van der Waals surface area (Å²) in [4.78, 5) is 45.1. The molecule has 8 nitrogen and oxygen atoms in total. The van der Waals surface area contributed by atoms with Crippen LogP contribution in [0.2, 0.25) is 0 Å². The molecule has 1 N–H and O–H groups in total. The van der Waals surface area contributed by atoms with E-state index in [1.807, 2.05) is 25.1 Å². The van der Waals surface area contributed by atoms with Gasteiger partial charge in [-0.25, -0.2) is 9.78 Å². The van der Waals surface area contributed by atoms with Crippen molar-refractivity contribution in [2.75, 3.05) is 38.1 Å². The molecule has 0 bridgehead atoms. The summed E-state index contributed by atoms with van der Waals surface area (Å²) in [7, 11) is 1.73. The number of rotatable bonds is 4. The summed E-state index contributed by atoms with van der Waals surface area (Å²) < 4.78 is 0. The highest BCUT2D eigenvalue weighted by atomic mass is 16.2. The normalized spacial score (nSPS) is 20.6. The highest BCUT2D eigenvalue weighted by Crippen LogP contribution is 2.21. The summed E-state index contributed by atoms with van der Waals surface area (Å²) in [5, 5.41) is 2.43. The van der Waals surface area contributed by atoms with Gasteiger partial charge in [0.25, 0.3) is 5.91 Å². The van der Waals surface area contributed by atoms with Gasteiger partial charge in [0.2, 0.25) is 5.91 Å². The number of nitrogens with one attached hydrogen (secondary N) is 1. The maximum atomic E-state index is 12.5. The zero-order valence-electron chi connectivity index (χ0n) is 14.6. The number of hydrogen-bond acceptors (Lipinski definition) is 5. The fourth-order valence-corrected chi connectivity index (χ4v) is 3.25. The van der Waals surface area contributed by atoms with Crippen molar-refractivity contribution in [1.82, 2.24) is 20.1 Å². The second-order valence-electron chi connectivity index (χ2n) is 6.52. The van der Waals surface area contributed by atoms with Crippen molar-refractivity contribution in [2.24, 2.45) is 0 Å². The maximum Gasteiger partial charge on any atom is 0.325 e. The van der Waals surface area contributed by atoms with E-state index in [0.717, 1.165) is 35.8 Å². The molecular weight excluding hydrogens is 322 g/mol. The van der Waals surface area contributed by atoms with Gasteiger partial charge in [0.15, 0.2) is 0 Å². The van der Waals surface area contributed by atoms with Gasteiger partial charge in [-0.2, -0.15) is 0 Å². The largest absolute Gasteiger partial charge is 0.355 e. The fourth-order valence-electron chi connectivity index (χ4n) is 3.25. The third-order valence-electron chi connectivity index (χ3n) is 4.77. The van der Waals surface area contributed by atoms with Crippen molar-refractivity contribution in [3.05, 3.63) is 23.9 Å². The van der Waals surface area contributed by atoms with Crippen LogP contribution in [0.4, 0.5) is 10.6 Å². The number of urea groups is 1. The Kier molecular flexibility index (Phi) is 4.87. The molecule has 0 aliphatic carbocycles. The molecule has 25 heavy (non-hydrogen) atoms. The molecule has 3 rings (SSSR count). The Morgan fingerprint density at radius 1 is 1.40 bits per heavy atom. The number of aryl methyl sites for hydroxylation is 1. The lowest BCUT2D eigenvalue weighted by Crippen LogP contribution is -2.51. The summed E-state index contributed by atoms with van der Waals surface area (Å²) in [6, 6.07) is 5.45. The molecule has 0 aromatic carbocycles. The number of nitrogens with zero attached hydrogens (tertiary/aromatic N) is 4. The number of carbonyl (C=O) groups is 3. The van der Waals surface area contributed by atoms with Crippen molar-refractivity contribution in [2.45, 2.75) is 25.8 Å². The molecule has 1 atom stereocenters. The van der Waals surface area contributed by atoms with Crippen LogP contribution in [0.3, 0.4) is 0 Å². The first-order valence-corrected chi connectivity index (χ1v) is 8.48. The fraction of sp³-hybridized carbons (Fsp3) is 0.529. The van der Waals surface area contributed by atoms with Gasteiger partial charge >= 0.3 is 6.03 Å². The third-order valence-corrected chi connectivity index (χ3v) is 4.77. The van der Waals surface area contributed by atoms with Crippen LogP contribution in [-0.4, -0.2) is 71.9 Å². The molecule has 4 amide bonds. The highest BCUT2D eigenvalue weighted by Gasteiger charge is 2.33. The first-order valence-electron chi connectivity index (χ1n) is 8.48. The Morgan fingerprint density at radius 3 is 2.88 bits per heavy atom. The van der Waals surface area contributed by atoms with E-state index in [1.54, 1.807) is 11.9 Å². The predicted octanol–water partition coefficient (Wildman–Crippen LogP) is 0.369. The van der Waals surface area contributed by atoms with E-state index < -0.39 is 6.03 Å². The van der Waals surface area contributed by atoms with Crippen LogP contribution < -0.4 is 10.2 Å². The first kappa shape index (κ1) is 17.2. The number of imide groups is 1. The quantitative estimate of drug-likeness (QED) is 0.797. The Labute approximate surface area is 146 Å². The van der Waals surface area contributed by atoms with E-state index in [-0.39, 0.29) is 30.9 Å². The van der Waals surface area contributed by atoms with Crippen LogP contribution in [0.25, 0.3) is 0 Å². The summed E-state index contributed by atoms with van der Waals surface area (Å²) in [5.74, 6) is 0.329. The van der Waals surface area contributed by atoms with Gasteiger partial charge in [-0.3, -0.25) is 14.5 Å². The lowest BCUT2D eigenvalue weighted by atomic mass is 10.0. The van der Waals surface area contributed by atoms with E-state index >= 15 is 0 Å². The number of hydrogen-bond donors (Lipinski definition) is 1. The van der Waals surface area contributed by atoms with Crippen LogP contribution in [0.1, 0.15) is 18.5 Å². The molecule has 1 aromatic rings. The van der Waals surface area contributed by atoms with Gasteiger partial charge in [0, 0.05) is 31.9 Å². The SMILES string of the molecule is Cc1cccc(N2CCC[C@H](N(C)C(=O)CN3C(=O)CNC3=O)C2)n1. The number of pyridine rings is 1. The summed E-state index contributed by atoms with van der Waals surface area (Å²) in [6.07, 6.45) is 1.85. The van der Waals surface area contributed by atoms with Gasteiger partial charge in [0.1, 0.15) is 12.4 Å². The van der Waals surface area contributed by atoms with Crippen LogP contribution in [-0.2, 0) is 9.59 Å². The Bertz CT molecular complexity index is 677. The number of piperidine rings is 1. The molecule has 3 heterocycles. The highest BCUT2D eigenvalue weighted by molar-refractivity contribution is 6.04. The van der Waals surface area contributed by atoms with Gasteiger partial charge in [-0.1, -0.05) is 6.07 Å². The lowest BCUT2D eigenvalue weighted by molar-refractivity contribution is -0.137. The summed E-state index contributed by atoms with van der Waals surface area (Å²) in [5.41, 5.74) is 0.961. The molecule has 0 unspecified atom stereocenters. The molecule has 0 saturated carbocycles. The Balaban J connectivity index is 1.63. The third kappa shape index (κ3) is 3.72. The second-order valence-corrected chi connectivity index (χ2v) is 6.52. The van der Waals surface area contributed by atoms with Gasteiger partial charge in [0.05, 0.1) is 6.54 Å². The van der Waals surface area contributed by atoms with Crippen molar-refractivity contribution < 1.29 is 14.4 Å². The van der Waals surface area contributed by atoms with Crippen molar-refractivity contribution in [3.63, 3.8) is 0 Å². The van der Waals surface area contributed by atoms with E-state index in [9.17, 15) is 14.4 Å². The van der Waals surface area contributed by atoms with E-state index in [2.05, 4.69) is 15.2 Å². The minimum Gasteiger partial charge on any atom is -0.355 e. The van der Waals surface area contributed by atoms with E-state index in [0.29, 0.717) is 6.54 Å². The zero-order valence-corrected chi connectivity index (χ0v) is 14.6. The van der Waals surface area contributed by atoms with Gasteiger partial charge in [-0.15, -0.1) is 0 Å². The smallest absolute Gasteiger partial charge is 0.325 e. The maximum absolute atomic E-state index is 12.5. The van der Waals surface area contributed by atoms with Crippen molar-refractivity contribution in [3.8, 4) is 0 Å². The van der Waals surface area contributed by atoms with Crippen molar-refractivity contribution >= 4 is 23.7 Å². The molecule has 8 heteroatoms. The molecule has 2 fully saturated rings. The average Bonchev–Trinajstić information content (AvgIpc) is 2.93.